The SMILES string of the molecule is Cc1cccc(C2(CCCC(C)C)CNC2)c1. The van der Waals surface area contributed by atoms with E-state index in [4.69, 9.17) is 0 Å². The Labute approximate surface area is 106 Å². The Hall–Kier alpha value is -0.820. The van der Waals surface area contributed by atoms with Crippen molar-refractivity contribution in [1.29, 1.82) is 0 Å². The fraction of sp³-hybridized carbons (Fsp3) is 0.625. The van der Waals surface area contributed by atoms with Crippen LogP contribution in [0, 0.1) is 12.8 Å². The second kappa shape index (κ2) is 5.22. The molecular weight excluding hydrogens is 206 g/mol. The van der Waals surface area contributed by atoms with Gasteiger partial charge in [-0.05, 0) is 24.8 Å². The summed E-state index contributed by atoms with van der Waals surface area (Å²) in [6.07, 6.45) is 4.04. The number of rotatable bonds is 5. The summed E-state index contributed by atoms with van der Waals surface area (Å²) >= 11 is 0. The Morgan fingerprint density at radius 1 is 1.29 bits per heavy atom. The van der Waals surface area contributed by atoms with Gasteiger partial charge in [-0.15, -0.1) is 0 Å². The van der Waals surface area contributed by atoms with Crippen LogP contribution in [0.5, 0.6) is 0 Å². The third-order valence-corrected chi connectivity index (χ3v) is 3.99. The van der Waals surface area contributed by atoms with E-state index in [0.29, 0.717) is 5.41 Å². The maximum Gasteiger partial charge on any atom is 0.0202 e. The summed E-state index contributed by atoms with van der Waals surface area (Å²) in [7, 11) is 0. The molecule has 0 aliphatic carbocycles. The van der Waals surface area contributed by atoms with Gasteiger partial charge in [0.2, 0.25) is 0 Å². The molecule has 1 aromatic rings. The fourth-order valence-electron chi connectivity index (χ4n) is 2.78. The predicted molar refractivity (Wildman–Crippen MR) is 74.4 cm³/mol. The van der Waals surface area contributed by atoms with Crippen LogP contribution in [0.4, 0.5) is 0 Å². The Morgan fingerprint density at radius 3 is 2.59 bits per heavy atom. The van der Waals surface area contributed by atoms with Gasteiger partial charge in [-0.2, -0.15) is 0 Å². The van der Waals surface area contributed by atoms with Crippen molar-refractivity contribution < 1.29 is 0 Å². The Bertz CT molecular complexity index is 364. The molecule has 2 rings (SSSR count). The molecule has 1 N–H and O–H groups in total. The van der Waals surface area contributed by atoms with Gasteiger partial charge < -0.3 is 5.32 Å². The molecule has 0 amide bonds. The maximum atomic E-state index is 3.46. The van der Waals surface area contributed by atoms with Crippen molar-refractivity contribution in [2.75, 3.05) is 13.1 Å². The second-order valence-corrected chi connectivity index (χ2v) is 6.04. The first kappa shape index (κ1) is 12.6. The fourth-order valence-corrected chi connectivity index (χ4v) is 2.78. The van der Waals surface area contributed by atoms with Gasteiger partial charge in [0.05, 0.1) is 0 Å². The van der Waals surface area contributed by atoms with E-state index in [1.165, 1.54) is 24.8 Å². The molecule has 0 bridgehead atoms. The highest BCUT2D eigenvalue weighted by atomic mass is 15.0. The molecule has 1 aliphatic heterocycles. The van der Waals surface area contributed by atoms with Crippen molar-refractivity contribution in [2.24, 2.45) is 5.92 Å². The lowest BCUT2D eigenvalue weighted by Gasteiger charge is -2.44. The molecule has 1 nitrogen and oxygen atoms in total. The van der Waals surface area contributed by atoms with E-state index in [9.17, 15) is 0 Å². The van der Waals surface area contributed by atoms with Gasteiger partial charge in [-0.25, -0.2) is 0 Å². The molecule has 94 valence electrons. The van der Waals surface area contributed by atoms with Gasteiger partial charge in [-0.1, -0.05) is 56.5 Å². The van der Waals surface area contributed by atoms with Crippen molar-refractivity contribution in [3.8, 4) is 0 Å². The van der Waals surface area contributed by atoms with Crippen LogP contribution in [-0.4, -0.2) is 13.1 Å². The number of hydrogen-bond donors (Lipinski definition) is 1. The first-order valence-corrected chi connectivity index (χ1v) is 6.90. The predicted octanol–water partition coefficient (Wildman–Crippen LogP) is 3.66. The molecular formula is C16H25N. The molecule has 1 fully saturated rings. The molecule has 0 atom stereocenters. The van der Waals surface area contributed by atoms with E-state index in [-0.39, 0.29) is 0 Å². The van der Waals surface area contributed by atoms with Crippen LogP contribution in [0.2, 0.25) is 0 Å². The molecule has 0 unspecified atom stereocenters. The molecule has 0 aromatic heterocycles. The molecule has 1 aromatic carbocycles. The Morgan fingerprint density at radius 2 is 2.06 bits per heavy atom. The molecule has 1 saturated heterocycles. The van der Waals surface area contributed by atoms with E-state index in [2.05, 4.69) is 50.4 Å². The smallest absolute Gasteiger partial charge is 0.0202 e. The van der Waals surface area contributed by atoms with Crippen molar-refractivity contribution in [2.45, 2.75) is 45.4 Å². The van der Waals surface area contributed by atoms with Crippen LogP contribution in [-0.2, 0) is 5.41 Å². The summed E-state index contributed by atoms with van der Waals surface area (Å²) in [5.74, 6) is 0.831. The molecule has 1 aliphatic rings. The number of hydrogen-bond acceptors (Lipinski definition) is 1. The first-order chi connectivity index (χ1) is 8.12. The van der Waals surface area contributed by atoms with Crippen LogP contribution >= 0.6 is 0 Å². The van der Waals surface area contributed by atoms with Gasteiger partial charge in [0.15, 0.2) is 0 Å². The first-order valence-electron chi connectivity index (χ1n) is 6.90. The highest BCUT2D eigenvalue weighted by molar-refractivity contribution is 5.33. The lowest BCUT2D eigenvalue weighted by Crippen LogP contribution is -2.56. The van der Waals surface area contributed by atoms with E-state index >= 15 is 0 Å². The quantitative estimate of drug-likeness (QED) is 0.815. The minimum atomic E-state index is 0.431. The van der Waals surface area contributed by atoms with Crippen LogP contribution in [0.25, 0.3) is 0 Å². The average Bonchev–Trinajstić information content (AvgIpc) is 2.21. The normalized spacial score (nSPS) is 18.1. The second-order valence-electron chi connectivity index (χ2n) is 6.04. The standard InChI is InChI=1S/C16H25N/c1-13(2)6-5-9-16(11-17-12-16)15-8-4-7-14(3)10-15/h4,7-8,10,13,17H,5-6,9,11-12H2,1-3H3. The topological polar surface area (TPSA) is 12.0 Å². The van der Waals surface area contributed by atoms with Gasteiger partial charge in [0.1, 0.15) is 0 Å². The third kappa shape index (κ3) is 2.90. The minimum absolute atomic E-state index is 0.431. The Kier molecular flexibility index (Phi) is 3.88. The molecule has 0 radical (unpaired) electrons. The monoisotopic (exact) mass is 231 g/mol. The van der Waals surface area contributed by atoms with E-state index in [1.807, 2.05) is 0 Å². The highest BCUT2D eigenvalue weighted by Crippen LogP contribution is 2.34. The summed E-state index contributed by atoms with van der Waals surface area (Å²) in [6, 6.07) is 9.07. The number of aryl methyl sites for hydroxylation is 1. The molecule has 1 heteroatoms. The van der Waals surface area contributed by atoms with E-state index < -0.39 is 0 Å². The summed E-state index contributed by atoms with van der Waals surface area (Å²) in [5, 5.41) is 3.46. The molecule has 17 heavy (non-hydrogen) atoms. The summed E-state index contributed by atoms with van der Waals surface area (Å²) in [5.41, 5.74) is 3.36. The lowest BCUT2D eigenvalue weighted by atomic mass is 9.71. The summed E-state index contributed by atoms with van der Waals surface area (Å²) in [6.45, 7) is 9.15. The maximum absolute atomic E-state index is 3.46. The zero-order valence-electron chi connectivity index (χ0n) is 11.4. The molecule has 1 heterocycles. The van der Waals surface area contributed by atoms with Gasteiger partial charge in [-0.3, -0.25) is 0 Å². The largest absolute Gasteiger partial charge is 0.315 e. The summed E-state index contributed by atoms with van der Waals surface area (Å²) < 4.78 is 0. The van der Waals surface area contributed by atoms with E-state index in [1.54, 1.807) is 5.56 Å². The zero-order valence-corrected chi connectivity index (χ0v) is 11.4. The highest BCUT2D eigenvalue weighted by Gasteiger charge is 2.37. The van der Waals surface area contributed by atoms with Crippen LogP contribution in [0.15, 0.2) is 24.3 Å². The molecule has 0 spiro atoms. The van der Waals surface area contributed by atoms with Crippen molar-refractivity contribution in [1.82, 2.24) is 5.32 Å². The van der Waals surface area contributed by atoms with Crippen molar-refractivity contribution in [3.63, 3.8) is 0 Å². The third-order valence-electron chi connectivity index (χ3n) is 3.99. The number of nitrogens with one attached hydrogen (secondary N) is 1. The minimum Gasteiger partial charge on any atom is -0.315 e. The average molecular weight is 231 g/mol. The molecule has 0 saturated carbocycles. The van der Waals surface area contributed by atoms with Crippen molar-refractivity contribution in [3.05, 3.63) is 35.4 Å². The number of benzene rings is 1. The zero-order chi connectivity index (χ0) is 12.3. The van der Waals surface area contributed by atoms with Crippen LogP contribution < -0.4 is 5.32 Å². The van der Waals surface area contributed by atoms with E-state index in [0.717, 1.165) is 19.0 Å². The van der Waals surface area contributed by atoms with Gasteiger partial charge in [0.25, 0.3) is 0 Å². The van der Waals surface area contributed by atoms with Gasteiger partial charge in [0, 0.05) is 18.5 Å². The van der Waals surface area contributed by atoms with Crippen molar-refractivity contribution >= 4 is 0 Å². The summed E-state index contributed by atoms with van der Waals surface area (Å²) in [4.78, 5) is 0. The van der Waals surface area contributed by atoms with Crippen LogP contribution in [0.3, 0.4) is 0 Å². The Balaban J connectivity index is 2.04. The van der Waals surface area contributed by atoms with Gasteiger partial charge >= 0.3 is 0 Å². The lowest BCUT2D eigenvalue weighted by molar-refractivity contribution is 0.246. The van der Waals surface area contributed by atoms with Crippen LogP contribution in [0.1, 0.15) is 44.2 Å².